The summed E-state index contributed by atoms with van der Waals surface area (Å²) in [6.07, 6.45) is 0. The molecule has 0 unspecified atom stereocenters. The van der Waals surface area contributed by atoms with Gasteiger partial charge in [-0.3, -0.25) is 9.59 Å². The largest absolute Gasteiger partial charge is 0.366 e. The standard InChI is InChI=1S/C29H27FN4O2/c1-19-27(22-10-4-6-12-24(22)31-19)28-20-8-2-3-9-21(20)29(36)34(28)18-26(35)33-16-14-32(15-17-33)25-13-7-5-11-23(25)30/h2-13,28,31H,14-18H2,1H3/t28-/m1/s1. The van der Waals surface area contributed by atoms with Crippen molar-refractivity contribution in [3.05, 3.63) is 101 Å². The van der Waals surface area contributed by atoms with Gasteiger partial charge in [-0.15, -0.1) is 0 Å². The van der Waals surface area contributed by atoms with Gasteiger partial charge in [0.15, 0.2) is 0 Å². The van der Waals surface area contributed by atoms with Crippen LogP contribution in [0.1, 0.15) is 33.2 Å². The first-order chi connectivity index (χ1) is 17.5. The van der Waals surface area contributed by atoms with Crippen LogP contribution in [0.2, 0.25) is 0 Å². The number of aromatic amines is 1. The van der Waals surface area contributed by atoms with Crippen molar-refractivity contribution < 1.29 is 14.0 Å². The van der Waals surface area contributed by atoms with E-state index in [-0.39, 0.29) is 30.2 Å². The molecule has 0 radical (unpaired) electrons. The molecule has 182 valence electrons. The fourth-order valence-electron chi connectivity index (χ4n) is 5.65. The van der Waals surface area contributed by atoms with Gasteiger partial charge >= 0.3 is 0 Å². The third-order valence-corrected chi connectivity index (χ3v) is 7.41. The monoisotopic (exact) mass is 482 g/mol. The third kappa shape index (κ3) is 3.63. The topological polar surface area (TPSA) is 59.7 Å². The van der Waals surface area contributed by atoms with Crippen LogP contribution in [0.25, 0.3) is 10.9 Å². The van der Waals surface area contributed by atoms with Crippen molar-refractivity contribution in [3.63, 3.8) is 0 Å². The van der Waals surface area contributed by atoms with Crippen molar-refractivity contribution in [2.75, 3.05) is 37.6 Å². The van der Waals surface area contributed by atoms with E-state index in [1.165, 1.54) is 6.07 Å². The summed E-state index contributed by atoms with van der Waals surface area (Å²) >= 11 is 0. The van der Waals surface area contributed by atoms with Crippen molar-refractivity contribution in [1.82, 2.24) is 14.8 Å². The summed E-state index contributed by atoms with van der Waals surface area (Å²) in [7, 11) is 0. The lowest BCUT2D eigenvalue weighted by atomic mass is 9.95. The zero-order valence-corrected chi connectivity index (χ0v) is 20.1. The van der Waals surface area contributed by atoms with Gasteiger partial charge in [0.25, 0.3) is 5.91 Å². The molecule has 1 aromatic heterocycles. The number of para-hydroxylation sites is 2. The number of aromatic nitrogens is 1. The highest BCUT2D eigenvalue weighted by Gasteiger charge is 2.41. The van der Waals surface area contributed by atoms with Crippen LogP contribution in [0, 0.1) is 12.7 Å². The molecule has 3 heterocycles. The van der Waals surface area contributed by atoms with E-state index in [0.29, 0.717) is 37.4 Å². The molecule has 1 saturated heterocycles. The first-order valence-corrected chi connectivity index (χ1v) is 12.3. The smallest absolute Gasteiger partial charge is 0.255 e. The Morgan fingerprint density at radius 3 is 2.44 bits per heavy atom. The number of H-pyrrole nitrogens is 1. The van der Waals surface area contributed by atoms with E-state index in [0.717, 1.165) is 27.7 Å². The lowest BCUT2D eigenvalue weighted by molar-refractivity contribution is -0.132. The number of carbonyl (C=O) groups is 2. The molecule has 1 fully saturated rings. The lowest BCUT2D eigenvalue weighted by Gasteiger charge is -2.37. The summed E-state index contributed by atoms with van der Waals surface area (Å²) < 4.78 is 14.2. The van der Waals surface area contributed by atoms with Crippen molar-refractivity contribution in [2.45, 2.75) is 13.0 Å². The molecule has 2 aliphatic rings. The maximum atomic E-state index is 14.2. The van der Waals surface area contributed by atoms with Gasteiger partial charge in [-0.2, -0.15) is 0 Å². The first kappa shape index (κ1) is 22.3. The molecule has 7 heteroatoms. The van der Waals surface area contributed by atoms with Gasteiger partial charge in [0.2, 0.25) is 5.91 Å². The molecule has 2 amide bonds. The second kappa shape index (κ2) is 8.82. The van der Waals surface area contributed by atoms with E-state index < -0.39 is 0 Å². The zero-order chi connectivity index (χ0) is 24.8. The zero-order valence-electron chi connectivity index (χ0n) is 20.1. The summed E-state index contributed by atoms with van der Waals surface area (Å²) in [5.74, 6) is -0.472. The van der Waals surface area contributed by atoms with E-state index in [1.807, 2.05) is 60.4 Å². The van der Waals surface area contributed by atoms with Crippen molar-refractivity contribution in [1.29, 1.82) is 0 Å². The quantitative estimate of drug-likeness (QED) is 0.466. The maximum absolute atomic E-state index is 14.2. The molecular weight excluding hydrogens is 455 g/mol. The molecule has 36 heavy (non-hydrogen) atoms. The lowest BCUT2D eigenvalue weighted by Crippen LogP contribution is -2.51. The maximum Gasteiger partial charge on any atom is 0.255 e. The number of fused-ring (bicyclic) bond motifs is 2. The fraction of sp³-hybridized carbons (Fsp3) is 0.241. The van der Waals surface area contributed by atoms with Crippen molar-refractivity contribution >= 4 is 28.4 Å². The number of rotatable bonds is 4. The van der Waals surface area contributed by atoms with Crippen LogP contribution >= 0.6 is 0 Å². The average molecular weight is 483 g/mol. The Bertz CT molecular complexity index is 1470. The van der Waals surface area contributed by atoms with Gasteiger partial charge in [0.1, 0.15) is 12.4 Å². The first-order valence-electron chi connectivity index (χ1n) is 12.3. The molecule has 0 bridgehead atoms. The van der Waals surface area contributed by atoms with Crippen LogP contribution in [-0.4, -0.2) is 59.3 Å². The molecule has 0 aliphatic carbocycles. The molecule has 0 saturated carbocycles. The van der Waals surface area contributed by atoms with Crippen LogP contribution in [0.3, 0.4) is 0 Å². The van der Waals surface area contributed by atoms with E-state index in [4.69, 9.17) is 0 Å². The van der Waals surface area contributed by atoms with E-state index in [2.05, 4.69) is 11.1 Å². The van der Waals surface area contributed by atoms with Gasteiger partial charge in [-0.1, -0.05) is 48.5 Å². The van der Waals surface area contributed by atoms with E-state index >= 15 is 0 Å². The summed E-state index contributed by atoms with van der Waals surface area (Å²) in [5.41, 5.74) is 5.15. The summed E-state index contributed by atoms with van der Waals surface area (Å²) in [5, 5.41) is 1.06. The Morgan fingerprint density at radius 1 is 0.944 bits per heavy atom. The Morgan fingerprint density at radius 2 is 1.64 bits per heavy atom. The van der Waals surface area contributed by atoms with Gasteiger partial charge in [-0.05, 0) is 36.8 Å². The third-order valence-electron chi connectivity index (χ3n) is 7.41. The number of nitrogens with zero attached hydrogens (tertiary/aromatic N) is 3. The van der Waals surface area contributed by atoms with Gasteiger partial charge in [0.05, 0.1) is 11.7 Å². The highest BCUT2D eigenvalue weighted by atomic mass is 19.1. The molecular formula is C29H27FN4O2. The molecule has 6 nitrogen and oxygen atoms in total. The van der Waals surface area contributed by atoms with E-state index in [1.54, 1.807) is 21.9 Å². The fourth-order valence-corrected chi connectivity index (χ4v) is 5.65. The Labute approximate surface area is 208 Å². The van der Waals surface area contributed by atoms with Crippen molar-refractivity contribution in [3.8, 4) is 0 Å². The highest BCUT2D eigenvalue weighted by molar-refractivity contribution is 6.02. The highest BCUT2D eigenvalue weighted by Crippen LogP contribution is 2.42. The van der Waals surface area contributed by atoms with E-state index in [9.17, 15) is 14.0 Å². The predicted octanol–water partition coefficient (Wildman–Crippen LogP) is 4.51. The Balaban J connectivity index is 1.27. The van der Waals surface area contributed by atoms with Crippen LogP contribution in [0.5, 0.6) is 0 Å². The second-order valence-electron chi connectivity index (χ2n) is 9.45. The Kier molecular flexibility index (Phi) is 5.48. The van der Waals surface area contributed by atoms with Crippen LogP contribution < -0.4 is 4.90 Å². The van der Waals surface area contributed by atoms with Crippen LogP contribution in [0.4, 0.5) is 10.1 Å². The number of aryl methyl sites for hydroxylation is 1. The number of hydrogen-bond acceptors (Lipinski definition) is 3. The van der Waals surface area contributed by atoms with Crippen LogP contribution in [-0.2, 0) is 4.79 Å². The Hall–Kier alpha value is -4.13. The minimum absolute atomic E-state index is 0.00315. The summed E-state index contributed by atoms with van der Waals surface area (Å²) in [6.45, 7) is 4.08. The number of nitrogens with one attached hydrogen (secondary N) is 1. The summed E-state index contributed by atoms with van der Waals surface area (Å²) in [6, 6.07) is 22.1. The minimum atomic E-state index is -0.339. The molecule has 4 aromatic rings. The number of anilines is 1. The SMILES string of the molecule is Cc1[nH]c2ccccc2c1[C@H]1c2ccccc2C(=O)N1CC(=O)N1CCN(c2ccccc2F)CC1. The van der Waals surface area contributed by atoms with Crippen molar-refractivity contribution in [2.24, 2.45) is 0 Å². The molecule has 6 rings (SSSR count). The van der Waals surface area contributed by atoms with Gasteiger partial charge in [0, 0.05) is 53.9 Å². The number of hydrogen-bond donors (Lipinski definition) is 1. The molecule has 1 atom stereocenters. The number of piperazine rings is 1. The van der Waals surface area contributed by atoms with Gasteiger partial charge in [-0.25, -0.2) is 4.39 Å². The predicted molar refractivity (Wildman–Crippen MR) is 138 cm³/mol. The summed E-state index contributed by atoms with van der Waals surface area (Å²) in [4.78, 5) is 35.9. The number of carbonyl (C=O) groups excluding carboxylic acids is 2. The number of amides is 2. The molecule has 0 spiro atoms. The molecule has 1 N–H and O–H groups in total. The normalized spacial score (nSPS) is 17.7. The number of halogens is 1. The molecule has 2 aliphatic heterocycles. The van der Waals surface area contributed by atoms with Crippen LogP contribution in [0.15, 0.2) is 72.8 Å². The minimum Gasteiger partial charge on any atom is -0.366 e. The second-order valence-corrected chi connectivity index (χ2v) is 9.45. The average Bonchev–Trinajstić information content (AvgIpc) is 3.37. The molecule has 3 aromatic carbocycles. The number of benzene rings is 3. The van der Waals surface area contributed by atoms with Gasteiger partial charge < -0.3 is 19.7 Å².